The molecule has 2 heterocycles. The lowest BCUT2D eigenvalue weighted by atomic mass is 10.1. The van der Waals surface area contributed by atoms with Crippen molar-refractivity contribution < 1.29 is 0 Å². The lowest BCUT2D eigenvalue weighted by Crippen LogP contribution is -1.81. The summed E-state index contributed by atoms with van der Waals surface area (Å²) < 4.78 is 0. The Balaban J connectivity index is 1.88. The average molecular weight is 304 g/mol. The van der Waals surface area contributed by atoms with Gasteiger partial charge in [0.15, 0.2) is 0 Å². The molecule has 2 aromatic heterocycles. The number of benzene rings is 2. The summed E-state index contributed by atoms with van der Waals surface area (Å²) in [6.45, 7) is 4.25. The highest BCUT2D eigenvalue weighted by atomic mass is 32.1. The molecule has 108 valence electrons. The van der Waals surface area contributed by atoms with Crippen molar-refractivity contribution in [2.75, 3.05) is 0 Å². The van der Waals surface area contributed by atoms with Gasteiger partial charge in [0.25, 0.3) is 0 Å². The molecule has 0 bridgehead atoms. The number of hydrogen-bond donors (Lipinski definition) is 1. The lowest BCUT2D eigenvalue weighted by molar-refractivity contribution is 1.29. The third-order valence-corrected chi connectivity index (χ3v) is 4.79. The second-order valence-electron chi connectivity index (χ2n) is 5.58. The third kappa shape index (κ3) is 2.14. The molecule has 0 aliphatic carbocycles. The summed E-state index contributed by atoms with van der Waals surface area (Å²) in [7, 11) is 0. The van der Waals surface area contributed by atoms with Gasteiger partial charge in [0.2, 0.25) is 0 Å². The second kappa shape index (κ2) is 5.11. The number of thiazole rings is 1. The number of nitrogens with one attached hydrogen (secondary N) is 1. The summed E-state index contributed by atoms with van der Waals surface area (Å²) in [5, 5.41) is 4.47. The smallest absolute Gasteiger partial charge is 0.126 e. The summed E-state index contributed by atoms with van der Waals surface area (Å²) >= 11 is 1.71. The molecular formula is C19H16N2S. The first-order chi connectivity index (χ1) is 10.7. The first kappa shape index (κ1) is 13.3. The Hall–Kier alpha value is -2.39. The fourth-order valence-corrected chi connectivity index (χ4v) is 3.79. The van der Waals surface area contributed by atoms with E-state index in [0.29, 0.717) is 0 Å². The zero-order valence-electron chi connectivity index (χ0n) is 12.6. The number of aryl methyl sites for hydroxylation is 2. The van der Waals surface area contributed by atoms with Gasteiger partial charge in [-0.1, -0.05) is 42.0 Å². The van der Waals surface area contributed by atoms with Crippen molar-refractivity contribution in [3.63, 3.8) is 0 Å². The van der Waals surface area contributed by atoms with Crippen LogP contribution in [-0.2, 0) is 0 Å². The Bertz CT molecular complexity index is 948. The molecule has 4 rings (SSSR count). The molecule has 0 saturated carbocycles. The first-order valence-electron chi connectivity index (χ1n) is 7.32. The van der Waals surface area contributed by atoms with Crippen LogP contribution in [0.2, 0.25) is 0 Å². The van der Waals surface area contributed by atoms with Gasteiger partial charge >= 0.3 is 0 Å². The van der Waals surface area contributed by atoms with Crippen molar-refractivity contribution in [3.05, 3.63) is 65.2 Å². The molecule has 0 radical (unpaired) electrons. The molecule has 0 saturated heterocycles. The summed E-state index contributed by atoms with van der Waals surface area (Å²) in [5.41, 5.74) is 7.06. The Labute approximate surface area is 133 Å². The highest BCUT2D eigenvalue weighted by molar-refractivity contribution is 7.13. The summed E-state index contributed by atoms with van der Waals surface area (Å²) in [5.74, 6) is 0. The van der Waals surface area contributed by atoms with Crippen LogP contribution in [0.1, 0.15) is 11.3 Å². The van der Waals surface area contributed by atoms with Gasteiger partial charge in [0.1, 0.15) is 5.01 Å². The van der Waals surface area contributed by atoms with Crippen LogP contribution in [0.25, 0.3) is 32.7 Å². The molecule has 4 aromatic rings. The summed E-state index contributed by atoms with van der Waals surface area (Å²) in [4.78, 5) is 8.33. The predicted molar refractivity (Wildman–Crippen MR) is 94.3 cm³/mol. The number of aromatic amines is 1. The molecule has 2 nitrogen and oxygen atoms in total. The van der Waals surface area contributed by atoms with Gasteiger partial charge in [0.05, 0.1) is 5.69 Å². The predicted octanol–water partition coefficient (Wildman–Crippen LogP) is 5.58. The van der Waals surface area contributed by atoms with E-state index >= 15 is 0 Å². The van der Waals surface area contributed by atoms with E-state index in [1.54, 1.807) is 11.3 Å². The SMILES string of the molecule is Cc1ccc2[nH]c(C)c(-c3nc(-c4ccccc4)cs3)c2c1. The molecule has 22 heavy (non-hydrogen) atoms. The number of H-pyrrole nitrogens is 1. The minimum Gasteiger partial charge on any atom is -0.358 e. The van der Waals surface area contributed by atoms with Crippen LogP contribution in [0.15, 0.2) is 53.9 Å². The Morgan fingerprint density at radius 3 is 2.64 bits per heavy atom. The molecule has 0 aliphatic rings. The maximum Gasteiger partial charge on any atom is 0.126 e. The molecular weight excluding hydrogens is 288 g/mol. The Morgan fingerprint density at radius 1 is 1.00 bits per heavy atom. The van der Waals surface area contributed by atoms with Gasteiger partial charge in [-0.2, -0.15) is 0 Å². The second-order valence-corrected chi connectivity index (χ2v) is 6.44. The molecule has 3 heteroatoms. The average Bonchev–Trinajstić information content (AvgIpc) is 3.11. The van der Waals surface area contributed by atoms with Crippen molar-refractivity contribution in [2.24, 2.45) is 0 Å². The van der Waals surface area contributed by atoms with Crippen molar-refractivity contribution in [3.8, 4) is 21.8 Å². The number of hydrogen-bond acceptors (Lipinski definition) is 2. The lowest BCUT2D eigenvalue weighted by Gasteiger charge is -1.98. The van der Waals surface area contributed by atoms with Crippen molar-refractivity contribution in [2.45, 2.75) is 13.8 Å². The van der Waals surface area contributed by atoms with Crippen LogP contribution in [0.4, 0.5) is 0 Å². The maximum absolute atomic E-state index is 4.86. The zero-order chi connectivity index (χ0) is 15.1. The van der Waals surface area contributed by atoms with Crippen molar-refractivity contribution >= 4 is 22.2 Å². The summed E-state index contributed by atoms with van der Waals surface area (Å²) in [6, 6.07) is 16.9. The van der Waals surface area contributed by atoms with Gasteiger partial charge in [-0.3, -0.25) is 0 Å². The molecule has 0 fully saturated rings. The van der Waals surface area contributed by atoms with Crippen LogP contribution in [0, 0.1) is 13.8 Å². The monoisotopic (exact) mass is 304 g/mol. The topological polar surface area (TPSA) is 28.7 Å². The van der Waals surface area contributed by atoms with Crippen LogP contribution >= 0.6 is 11.3 Å². The van der Waals surface area contributed by atoms with Gasteiger partial charge in [-0.15, -0.1) is 11.3 Å². The molecule has 2 aromatic carbocycles. The van der Waals surface area contributed by atoms with Crippen molar-refractivity contribution in [1.82, 2.24) is 9.97 Å². The molecule has 0 amide bonds. The standard InChI is InChI=1S/C19H16N2S/c1-12-8-9-16-15(10-12)18(13(2)20-16)19-21-17(11-22-19)14-6-4-3-5-7-14/h3-11,20H,1-2H3. The van der Waals surface area contributed by atoms with Crippen molar-refractivity contribution in [1.29, 1.82) is 0 Å². The van der Waals surface area contributed by atoms with Crippen LogP contribution in [-0.4, -0.2) is 9.97 Å². The largest absolute Gasteiger partial charge is 0.358 e. The van der Waals surface area contributed by atoms with E-state index in [9.17, 15) is 0 Å². The van der Waals surface area contributed by atoms with Crippen LogP contribution in [0.3, 0.4) is 0 Å². The van der Waals surface area contributed by atoms with Gasteiger partial charge in [0, 0.05) is 33.1 Å². The van der Waals surface area contributed by atoms with Gasteiger partial charge < -0.3 is 4.98 Å². The van der Waals surface area contributed by atoms with E-state index in [0.717, 1.165) is 10.7 Å². The van der Waals surface area contributed by atoms with E-state index in [2.05, 4.69) is 66.7 Å². The minimum absolute atomic E-state index is 1.04. The quantitative estimate of drug-likeness (QED) is 0.515. The number of rotatable bonds is 2. The maximum atomic E-state index is 4.86. The molecule has 0 aliphatic heterocycles. The van der Waals surface area contributed by atoms with Gasteiger partial charge in [-0.25, -0.2) is 4.98 Å². The number of fused-ring (bicyclic) bond motifs is 1. The fraction of sp³-hybridized carbons (Fsp3) is 0.105. The molecule has 0 atom stereocenters. The van der Waals surface area contributed by atoms with E-state index in [4.69, 9.17) is 4.98 Å². The number of nitrogens with zero attached hydrogens (tertiary/aromatic N) is 1. The third-order valence-electron chi connectivity index (χ3n) is 3.93. The highest BCUT2D eigenvalue weighted by Gasteiger charge is 2.14. The minimum atomic E-state index is 1.04. The van der Waals surface area contributed by atoms with E-state index in [1.165, 1.54) is 33.3 Å². The zero-order valence-corrected chi connectivity index (χ0v) is 13.4. The van der Waals surface area contributed by atoms with Crippen LogP contribution in [0.5, 0.6) is 0 Å². The Kier molecular flexibility index (Phi) is 3.09. The molecule has 0 spiro atoms. The first-order valence-corrected chi connectivity index (χ1v) is 8.20. The normalized spacial score (nSPS) is 11.2. The molecule has 1 N–H and O–H groups in total. The highest BCUT2D eigenvalue weighted by Crippen LogP contribution is 2.36. The number of aromatic nitrogens is 2. The van der Waals surface area contributed by atoms with Crippen LogP contribution < -0.4 is 0 Å². The van der Waals surface area contributed by atoms with E-state index in [1.807, 2.05) is 6.07 Å². The Morgan fingerprint density at radius 2 is 1.82 bits per heavy atom. The van der Waals surface area contributed by atoms with E-state index in [-0.39, 0.29) is 0 Å². The molecule has 0 unspecified atom stereocenters. The summed E-state index contributed by atoms with van der Waals surface area (Å²) in [6.07, 6.45) is 0. The van der Waals surface area contributed by atoms with E-state index < -0.39 is 0 Å². The fourth-order valence-electron chi connectivity index (χ4n) is 2.85. The van der Waals surface area contributed by atoms with Gasteiger partial charge in [-0.05, 0) is 26.0 Å².